The Kier molecular flexibility index (Phi) is 6.79. The van der Waals surface area contributed by atoms with E-state index in [2.05, 4.69) is 5.32 Å². The number of nitrogens with zero attached hydrogens (tertiary/aromatic N) is 1. The van der Waals surface area contributed by atoms with Crippen molar-refractivity contribution in [3.05, 3.63) is 83.7 Å². The van der Waals surface area contributed by atoms with Gasteiger partial charge in [-0.3, -0.25) is 9.59 Å². The monoisotopic (exact) mass is 480 g/mol. The van der Waals surface area contributed by atoms with Gasteiger partial charge in [-0.1, -0.05) is 30.3 Å². The number of hydrogen-bond acceptors (Lipinski definition) is 5. The topological polar surface area (TPSA) is 67.9 Å². The average molecular weight is 481 g/mol. The number of halogens is 1. The number of carbonyl (C=O) groups is 2. The summed E-state index contributed by atoms with van der Waals surface area (Å²) in [6, 6.07) is 18.6. The van der Waals surface area contributed by atoms with Crippen LogP contribution in [0.1, 0.15) is 22.8 Å². The van der Waals surface area contributed by atoms with E-state index in [9.17, 15) is 14.0 Å². The number of methoxy groups -OCH3 is 2. The molecule has 1 heterocycles. The number of fused-ring (bicyclic) bond motifs is 1. The smallest absolute Gasteiger partial charge is 0.256 e. The van der Waals surface area contributed by atoms with Gasteiger partial charge in [-0.2, -0.15) is 0 Å². The summed E-state index contributed by atoms with van der Waals surface area (Å²) >= 11 is 1.43. The molecule has 0 bridgehead atoms. The van der Waals surface area contributed by atoms with Crippen molar-refractivity contribution in [3.63, 3.8) is 0 Å². The molecule has 1 aliphatic heterocycles. The van der Waals surface area contributed by atoms with E-state index in [1.54, 1.807) is 62.6 Å². The average Bonchev–Trinajstić information content (AvgIpc) is 2.96. The molecule has 0 aliphatic carbocycles. The van der Waals surface area contributed by atoms with Crippen LogP contribution >= 0.6 is 11.8 Å². The van der Waals surface area contributed by atoms with Gasteiger partial charge in [0.1, 0.15) is 22.9 Å². The molecule has 34 heavy (non-hydrogen) atoms. The van der Waals surface area contributed by atoms with Gasteiger partial charge in [-0.25, -0.2) is 4.39 Å². The van der Waals surface area contributed by atoms with Gasteiger partial charge in [0.2, 0.25) is 0 Å². The molecule has 3 aromatic rings. The molecule has 1 N–H and O–H groups in total. The van der Waals surface area contributed by atoms with Crippen LogP contribution in [0.15, 0.2) is 71.6 Å². The van der Waals surface area contributed by atoms with E-state index in [0.717, 1.165) is 4.90 Å². The fourth-order valence-corrected chi connectivity index (χ4v) is 5.03. The summed E-state index contributed by atoms with van der Waals surface area (Å²) in [7, 11) is 3.04. The van der Waals surface area contributed by atoms with Gasteiger partial charge in [0, 0.05) is 28.8 Å². The molecule has 0 spiro atoms. The highest BCUT2D eigenvalue weighted by atomic mass is 32.2. The zero-order valence-electron chi connectivity index (χ0n) is 19.1. The molecule has 1 atom stereocenters. The third-order valence-electron chi connectivity index (χ3n) is 5.90. The number of amides is 2. The second-order valence-electron chi connectivity index (χ2n) is 8.06. The second kappa shape index (κ2) is 9.77. The Bertz CT molecular complexity index is 1230. The highest BCUT2D eigenvalue weighted by Gasteiger charge is 2.45. The first-order chi connectivity index (χ1) is 16.4. The fourth-order valence-electron chi connectivity index (χ4n) is 3.83. The van der Waals surface area contributed by atoms with Gasteiger partial charge in [-0.05, 0) is 37.3 Å². The van der Waals surface area contributed by atoms with E-state index >= 15 is 0 Å². The van der Waals surface area contributed by atoms with Crippen molar-refractivity contribution in [2.45, 2.75) is 23.9 Å². The lowest BCUT2D eigenvalue weighted by atomic mass is 9.97. The number of ether oxygens (including phenoxy) is 2. The molecule has 176 valence electrons. The van der Waals surface area contributed by atoms with Crippen LogP contribution in [-0.4, -0.2) is 42.2 Å². The maximum atomic E-state index is 14.6. The molecule has 3 aromatic carbocycles. The van der Waals surface area contributed by atoms with Gasteiger partial charge in [0.15, 0.2) is 0 Å². The van der Waals surface area contributed by atoms with E-state index < -0.39 is 17.3 Å². The standard InChI is InChI=1S/C26H25FN2O4S/c1-26(25(31)28-21-13-12-18(32-2)14-22(21)33-3)16-34-23-11-7-5-9-19(23)24(30)29(26)15-17-8-4-6-10-20(17)27/h4-14H,15-16H2,1-3H3,(H,28,31)/t26-/m1/s1. The number of nitrogens with one attached hydrogen (secondary N) is 1. The van der Waals surface area contributed by atoms with Crippen LogP contribution in [0.4, 0.5) is 10.1 Å². The van der Waals surface area contributed by atoms with Gasteiger partial charge in [-0.15, -0.1) is 11.8 Å². The SMILES string of the molecule is COc1ccc(NC(=O)[C@@]2(C)CSc3ccccc3C(=O)N2Cc2ccccc2F)c(OC)c1. The second-order valence-corrected chi connectivity index (χ2v) is 9.08. The first kappa shape index (κ1) is 23.6. The van der Waals surface area contributed by atoms with Crippen molar-refractivity contribution in [2.24, 2.45) is 0 Å². The van der Waals surface area contributed by atoms with Gasteiger partial charge >= 0.3 is 0 Å². The van der Waals surface area contributed by atoms with E-state index in [4.69, 9.17) is 9.47 Å². The molecule has 8 heteroatoms. The lowest BCUT2D eigenvalue weighted by molar-refractivity contribution is -0.125. The Balaban J connectivity index is 1.74. The van der Waals surface area contributed by atoms with Crippen molar-refractivity contribution in [1.82, 2.24) is 4.90 Å². The fraction of sp³-hybridized carbons (Fsp3) is 0.231. The van der Waals surface area contributed by atoms with Crippen molar-refractivity contribution < 1.29 is 23.5 Å². The van der Waals surface area contributed by atoms with Gasteiger partial charge in [0.25, 0.3) is 11.8 Å². The lowest BCUT2D eigenvalue weighted by Crippen LogP contribution is -2.57. The molecule has 0 radical (unpaired) electrons. The van der Waals surface area contributed by atoms with E-state index in [1.807, 2.05) is 12.1 Å². The quantitative estimate of drug-likeness (QED) is 0.539. The molecule has 0 aromatic heterocycles. The largest absolute Gasteiger partial charge is 0.497 e. The van der Waals surface area contributed by atoms with Crippen molar-refractivity contribution in [2.75, 3.05) is 25.3 Å². The predicted octanol–water partition coefficient (Wildman–Crippen LogP) is 4.99. The maximum Gasteiger partial charge on any atom is 0.256 e. The minimum absolute atomic E-state index is 0.0515. The maximum absolute atomic E-state index is 14.6. The summed E-state index contributed by atoms with van der Waals surface area (Å²) in [5, 5.41) is 2.91. The number of hydrogen-bond donors (Lipinski definition) is 1. The number of anilines is 1. The molecule has 6 nitrogen and oxygen atoms in total. The normalized spacial score (nSPS) is 17.5. The molecule has 0 unspecified atom stereocenters. The van der Waals surface area contributed by atoms with Crippen LogP contribution in [0, 0.1) is 5.82 Å². The van der Waals surface area contributed by atoms with Gasteiger partial charge in [0.05, 0.1) is 25.5 Å². The third-order valence-corrected chi connectivity index (χ3v) is 7.27. The zero-order valence-corrected chi connectivity index (χ0v) is 19.9. The first-order valence-corrected chi connectivity index (χ1v) is 11.7. The number of thioether (sulfide) groups is 1. The van der Waals surface area contributed by atoms with Crippen molar-refractivity contribution in [1.29, 1.82) is 0 Å². The van der Waals surface area contributed by atoms with Crippen LogP contribution in [0.2, 0.25) is 0 Å². The highest BCUT2D eigenvalue weighted by Crippen LogP contribution is 2.38. The molecule has 4 rings (SSSR count). The van der Waals surface area contributed by atoms with Gasteiger partial charge < -0.3 is 19.7 Å². The number of rotatable bonds is 6. The Morgan fingerprint density at radius 3 is 2.56 bits per heavy atom. The summed E-state index contributed by atoms with van der Waals surface area (Å²) in [4.78, 5) is 29.7. The number of carbonyl (C=O) groups excluding carboxylic acids is 2. The number of benzene rings is 3. The minimum atomic E-state index is -1.28. The Morgan fingerprint density at radius 1 is 1.09 bits per heavy atom. The lowest BCUT2D eigenvalue weighted by Gasteiger charge is -2.38. The van der Waals surface area contributed by atoms with Crippen LogP contribution in [-0.2, 0) is 11.3 Å². The molecule has 1 aliphatic rings. The summed E-state index contributed by atoms with van der Waals surface area (Å²) in [5.74, 6) is 0.129. The summed E-state index contributed by atoms with van der Waals surface area (Å²) in [5.41, 5.74) is -0.0168. The first-order valence-electron chi connectivity index (χ1n) is 10.7. The van der Waals surface area contributed by atoms with Crippen molar-refractivity contribution >= 4 is 29.3 Å². The minimum Gasteiger partial charge on any atom is -0.497 e. The van der Waals surface area contributed by atoms with E-state index in [0.29, 0.717) is 28.3 Å². The molecule has 0 fully saturated rings. The summed E-state index contributed by atoms with van der Waals surface area (Å²) in [6.45, 7) is 1.65. The molecule has 0 saturated heterocycles. The molecule has 2 amide bonds. The third kappa shape index (κ3) is 4.46. The van der Waals surface area contributed by atoms with Crippen LogP contribution < -0.4 is 14.8 Å². The van der Waals surface area contributed by atoms with E-state index in [-0.39, 0.29) is 18.2 Å². The van der Waals surface area contributed by atoms with E-state index in [1.165, 1.54) is 29.8 Å². The molecule has 0 saturated carbocycles. The Hall–Kier alpha value is -3.52. The van der Waals surface area contributed by atoms with Crippen LogP contribution in [0.25, 0.3) is 0 Å². The summed E-state index contributed by atoms with van der Waals surface area (Å²) < 4.78 is 25.2. The van der Waals surface area contributed by atoms with Crippen molar-refractivity contribution in [3.8, 4) is 11.5 Å². The van der Waals surface area contributed by atoms with Crippen LogP contribution in [0.5, 0.6) is 11.5 Å². The highest BCUT2D eigenvalue weighted by molar-refractivity contribution is 7.99. The molecular formula is C26H25FN2O4S. The molecular weight excluding hydrogens is 455 g/mol. The Labute approximate surface area is 202 Å². The zero-order chi connectivity index (χ0) is 24.3. The Morgan fingerprint density at radius 2 is 1.82 bits per heavy atom. The van der Waals surface area contributed by atoms with Crippen LogP contribution in [0.3, 0.4) is 0 Å². The predicted molar refractivity (Wildman–Crippen MR) is 130 cm³/mol. The summed E-state index contributed by atoms with van der Waals surface area (Å²) in [6.07, 6.45) is 0.